The Hall–Kier alpha value is -3.52. The lowest BCUT2D eigenvalue weighted by Gasteiger charge is -2.22. The number of Topliss-reactive ketones (excluding diaryl/α,β-unsaturated/α-hetero) is 1. The summed E-state index contributed by atoms with van der Waals surface area (Å²) < 4.78 is 0. The molecule has 5 rings (SSSR count). The molecule has 28 heavy (non-hydrogen) atoms. The Morgan fingerprint density at radius 3 is 2.46 bits per heavy atom. The first-order valence-electron chi connectivity index (χ1n) is 9.40. The molecule has 0 amide bonds. The van der Waals surface area contributed by atoms with Crippen LogP contribution in [0.4, 0.5) is 0 Å². The number of fused-ring (bicyclic) bond motifs is 2. The Balaban J connectivity index is 1.74. The van der Waals surface area contributed by atoms with Gasteiger partial charge in [0.25, 0.3) is 0 Å². The lowest BCUT2D eigenvalue weighted by molar-refractivity contribution is -0.111. The van der Waals surface area contributed by atoms with Gasteiger partial charge in [0.15, 0.2) is 5.76 Å². The highest BCUT2D eigenvalue weighted by atomic mass is 16.3. The highest BCUT2D eigenvalue weighted by Gasteiger charge is 2.44. The summed E-state index contributed by atoms with van der Waals surface area (Å²) in [6.07, 6.45) is 2.07. The molecule has 0 aliphatic heterocycles. The van der Waals surface area contributed by atoms with E-state index in [1.807, 2.05) is 74.5 Å². The molecule has 1 aromatic rings. The van der Waals surface area contributed by atoms with Crippen molar-refractivity contribution in [3.63, 3.8) is 0 Å². The van der Waals surface area contributed by atoms with E-state index in [9.17, 15) is 9.90 Å². The third-order valence-corrected chi connectivity index (χ3v) is 5.64. The van der Waals surface area contributed by atoms with Crippen LogP contribution in [-0.2, 0) is 4.79 Å². The second kappa shape index (κ2) is 6.00. The maximum absolute atomic E-state index is 13.3. The molecular weight excluding hydrogens is 344 g/mol. The number of aliphatic hydroxyl groups is 1. The molecule has 0 aromatic heterocycles. The van der Waals surface area contributed by atoms with Crippen LogP contribution in [0.25, 0.3) is 28.3 Å². The summed E-state index contributed by atoms with van der Waals surface area (Å²) in [7, 11) is 0. The second-order valence-corrected chi connectivity index (χ2v) is 7.39. The first kappa shape index (κ1) is 16.6. The van der Waals surface area contributed by atoms with Gasteiger partial charge in [-0.15, -0.1) is 0 Å². The van der Waals surface area contributed by atoms with Crippen LogP contribution in [0.3, 0.4) is 0 Å². The summed E-state index contributed by atoms with van der Waals surface area (Å²) in [5.41, 5.74) is 8.69. The number of hydrogen-bond donors (Lipinski definition) is 1. The van der Waals surface area contributed by atoms with E-state index in [2.05, 4.69) is 12.1 Å². The van der Waals surface area contributed by atoms with Gasteiger partial charge in [0, 0.05) is 23.3 Å². The number of carbonyl (C=O) groups excluding carboxylic acids is 1. The first-order chi connectivity index (χ1) is 13.6. The lowest BCUT2D eigenvalue weighted by atomic mass is 9.77. The third kappa shape index (κ3) is 2.21. The van der Waals surface area contributed by atoms with E-state index < -0.39 is 0 Å². The summed E-state index contributed by atoms with van der Waals surface area (Å²) in [5.74, 6) is 0.0240. The van der Waals surface area contributed by atoms with Crippen LogP contribution in [0.2, 0.25) is 0 Å². The van der Waals surface area contributed by atoms with Crippen molar-refractivity contribution in [3.05, 3.63) is 106 Å². The standard InChI is InChI=1S/C26H18O2/c1-15-13-17-9-5-3-7-11-19(17)21(15)23-25(27)24(26(23)28)22-16(2)14-18-10-6-4-8-12-20(18)22/h3-14H,1-2H3/p+1. The van der Waals surface area contributed by atoms with Crippen molar-refractivity contribution < 1.29 is 9.90 Å². The predicted octanol–water partition coefficient (Wildman–Crippen LogP) is 6.10. The number of aryl methyl sites for hydroxylation is 1. The normalized spacial score (nSPS) is 18.2. The summed E-state index contributed by atoms with van der Waals surface area (Å²) in [6, 6.07) is 22.0. The van der Waals surface area contributed by atoms with Crippen LogP contribution in [0.1, 0.15) is 29.2 Å². The van der Waals surface area contributed by atoms with Crippen molar-refractivity contribution in [2.45, 2.75) is 13.8 Å². The van der Waals surface area contributed by atoms with Crippen molar-refractivity contribution in [1.29, 1.82) is 0 Å². The van der Waals surface area contributed by atoms with Gasteiger partial charge >= 0.3 is 0 Å². The molecule has 0 heterocycles. The van der Waals surface area contributed by atoms with Gasteiger partial charge < -0.3 is 5.11 Å². The number of ketones is 1. The van der Waals surface area contributed by atoms with E-state index in [0.717, 1.165) is 44.5 Å². The average Bonchev–Trinajstić information content (AvgIpc) is 2.93. The van der Waals surface area contributed by atoms with Crippen LogP contribution in [0.5, 0.6) is 0 Å². The fraction of sp³-hybridized carbons (Fsp3) is 0.0769. The van der Waals surface area contributed by atoms with Crippen molar-refractivity contribution in [1.82, 2.24) is 0 Å². The van der Waals surface area contributed by atoms with Crippen molar-refractivity contribution in [2.24, 2.45) is 0 Å². The number of rotatable bonds is 1. The fourth-order valence-corrected chi connectivity index (χ4v) is 4.40. The molecule has 0 atom stereocenters. The van der Waals surface area contributed by atoms with Gasteiger partial charge in [0.05, 0.1) is 22.3 Å². The lowest BCUT2D eigenvalue weighted by Crippen LogP contribution is -2.23. The molecule has 0 saturated carbocycles. The van der Waals surface area contributed by atoms with E-state index >= 15 is 0 Å². The largest absolute Gasteiger partial charge is 0.501 e. The topological polar surface area (TPSA) is 37.3 Å². The van der Waals surface area contributed by atoms with Crippen molar-refractivity contribution in [2.75, 3.05) is 0 Å². The minimum Gasteiger partial charge on any atom is -0.501 e. The summed E-state index contributed by atoms with van der Waals surface area (Å²) in [6.45, 7) is 3.98. The van der Waals surface area contributed by atoms with E-state index in [1.54, 1.807) is 0 Å². The van der Waals surface area contributed by atoms with Gasteiger partial charge in [0.1, 0.15) is 5.57 Å². The molecule has 134 valence electrons. The molecule has 0 unspecified atom stereocenters. The molecule has 1 N–H and O–H groups in total. The van der Waals surface area contributed by atoms with Crippen LogP contribution in [-0.4, -0.2) is 10.9 Å². The first-order valence-corrected chi connectivity index (χ1v) is 9.40. The average molecular weight is 363 g/mol. The second-order valence-electron chi connectivity index (χ2n) is 7.39. The molecule has 2 nitrogen and oxygen atoms in total. The van der Waals surface area contributed by atoms with Crippen LogP contribution in [0, 0.1) is 6.92 Å². The zero-order valence-electron chi connectivity index (χ0n) is 15.8. The van der Waals surface area contributed by atoms with Gasteiger partial charge in [-0.3, -0.25) is 4.79 Å². The van der Waals surface area contributed by atoms with Crippen LogP contribution >= 0.6 is 0 Å². The quantitative estimate of drug-likeness (QED) is 0.419. The fourth-order valence-electron chi connectivity index (χ4n) is 4.40. The third-order valence-electron chi connectivity index (χ3n) is 5.64. The number of allylic oxidation sites excluding steroid dienone is 4. The number of aliphatic hydroxyl groups excluding tert-OH is 1. The molecule has 0 saturated heterocycles. The molecule has 4 aliphatic carbocycles. The SMILES string of the molecule is CC1=Cc2ccccc[c+]2/C1=C1\C(=O)C(c2c(C)cc3cccccc2-3)=C1O. The van der Waals surface area contributed by atoms with E-state index in [1.165, 1.54) is 0 Å². The zero-order valence-corrected chi connectivity index (χ0v) is 15.8. The van der Waals surface area contributed by atoms with E-state index in [4.69, 9.17) is 0 Å². The highest BCUT2D eigenvalue weighted by Crippen LogP contribution is 2.49. The minimum atomic E-state index is -0.0817. The minimum absolute atomic E-state index is 0.0817. The Labute approximate surface area is 164 Å². The molecule has 0 radical (unpaired) electrons. The van der Waals surface area contributed by atoms with Gasteiger partial charge in [0.2, 0.25) is 5.78 Å². The number of hydrogen-bond acceptors (Lipinski definition) is 2. The Bertz CT molecular complexity index is 1240. The molecular formula is C26H19O2+. The van der Waals surface area contributed by atoms with Gasteiger partial charge in [-0.25, -0.2) is 0 Å². The molecule has 1 aromatic carbocycles. The highest BCUT2D eigenvalue weighted by molar-refractivity contribution is 6.43. The Morgan fingerprint density at radius 1 is 0.893 bits per heavy atom. The monoisotopic (exact) mass is 363 g/mol. The smallest absolute Gasteiger partial charge is 0.229 e. The molecule has 2 heteroatoms. The van der Waals surface area contributed by atoms with Crippen molar-refractivity contribution in [3.8, 4) is 11.1 Å². The van der Waals surface area contributed by atoms with Gasteiger partial charge in [-0.05, 0) is 54.8 Å². The molecule has 4 aliphatic rings. The maximum Gasteiger partial charge on any atom is 0.229 e. The Morgan fingerprint density at radius 2 is 1.64 bits per heavy atom. The molecule has 0 bridgehead atoms. The summed E-state index contributed by atoms with van der Waals surface area (Å²) in [4.78, 5) is 13.3. The molecule has 0 fully saturated rings. The summed E-state index contributed by atoms with van der Waals surface area (Å²) in [5, 5.41) is 11.0. The van der Waals surface area contributed by atoms with Crippen LogP contribution in [0.15, 0.2) is 83.6 Å². The Kier molecular flexibility index (Phi) is 3.56. The summed E-state index contributed by atoms with van der Waals surface area (Å²) >= 11 is 0. The van der Waals surface area contributed by atoms with E-state index in [0.29, 0.717) is 11.1 Å². The van der Waals surface area contributed by atoms with Gasteiger partial charge in [-0.2, -0.15) is 0 Å². The number of carbonyl (C=O) groups is 1. The van der Waals surface area contributed by atoms with Crippen molar-refractivity contribution >= 4 is 23.0 Å². The van der Waals surface area contributed by atoms with Crippen LogP contribution < -0.4 is 0 Å². The van der Waals surface area contributed by atoms with Gasteiger partial charge in [-0.1, -0.05) is 36.4 Å². The maximum atomic E-state index is 13.3. The van der Waals surface area contributed by atoms with E-state index in [-0.39, 0.29) is 11.5 Å². The zero-order chi connectivity index (χ0) is 19.4. The molecule has 0 spiro atoms. The predicted molar refractivity (Wildman–Crippen MR) is 114 cm³/mol.